The van der Waals surface area contributed by atoms with Gasteiger partial charge in [-0.3, -0.25) is 0 Å². The Morgan fingerprint density at radius 3 is 2.88 bits per heavy atom. The van der Waals surface area contributed by atoms with E-state index >= 15 is 0 Å². The first-order valence-electron chi connectivity index (χ1n) is 6.07. The number of thiazole rings is 1. The molecule has 2 heterocycles. The first-order valence-corrected chi connectivity index (χ1v) is 7.93. The molecule has 1 aromatic heterocycles. The zero-order valence-electron chi connectivity index (χ0n) is 9.66. The van der Waals surface area contributed by atoms with Gasteiger partial charge < -0.3 is 5.73 Å². The Hall–Kier alpha value is -0.0600. The molecule has 0 amide bonds. The van der Waals surface area contributed by atoms with E-state index < -0.39 is 0 Å². The van der Waals surface area contributed by atoms with E-state index in [1.54, 1.807) is 0 Å². The third-order valence-electron chi connectivity index (χ3n) is 3.55. The van der Waals surface area contributed by atoms with Gasteiger partial charge in [-0.25, -0.2) is 4.98 Å². The molecule has 16 heavy (non-hydrogen) atoms. The van der Waals surface area contributed by atoms with Gasteiger partial charge in [0.1, 0.15) is 5.01 Å². The first-order chi connectivity index (χ1) is 7.67. The fourth-order valence-electron chi connectivity index (χ4n) is 2.64. The van der Waals surface area contributed by atoms with Crippen molar-refractivity contribution in [3.05, 3.63) is 15.6 Å². The number of aromatic nitrogens is 1. The summed E-state index contributed by atoms with van der Waals surface area (Å²) in [4.78, 5) is 6.33. The maximum absolute atomic E-state index is 6.51. The van der Waals surface area contributed by atoms with Crippen LogP contribution >= 0.6 is 23.1 Å². The number of hydrogen-bond donors (Lipinski definition) is 1. The Labute approximate surface area is 105 Å². The molecule has 0 bridgehead atoms. The van der Waals surface area contributed by atoms with Gasteiger partial charge in [-0.05, 0) is 32.1 Å². The molecule has 0 radical (unpaired) electrons. The van der Waals surface area contributed by atoms with Crippen LogP contribution in [0.15, 0.2) is 0 Å². The van der Waals surface area contributed by atoms with Crippen LogP contribution < -0.4 is 5.73 Å². The summed E-state index contributed by atoms with van der Waals surface area (Å²) < 4.78 is 0. The Bertz CT molecular complexity index is 378. The Morgan fingerprint density at radius 2 is 2.19 bits per heavy atom. The van der Waals surface area contributed by atoms with Gasteiger partial charge >= 0.3 is 0 Å². The second-order valence-electron chi connectivity index (χ2n) is 5.08. The van der Waals surface area contributed by atoms with Gasteiger partial charge in [-0.1, -0.05) is 6.92 Å². The van der Waals surface area contributed by atoms with Gasteiger partial charge in [-0.2, -0.15) is 11.8 Å². The lowest BCUT2D eigenvalue weighted by molar-refractivity contribution is 0.480. The summed E-state index contributed by atoms with van der Waals surface area (Å²) in [6, 6.07) is 0. The maximum Gasteiger partial charge on any atom is 0.114 e. The average molecular weight is 254 g/mol. The Kier molecular flexibility index (Phi) is 2.76. The molecule has 1 aliphatic heterocycles. The third-order valence-corrected chi connectivity index (χ3v) is 6.34. The van der Waals surface area contributed by atoms with E-state index in [0.29, 0.717) is 5.25 Å². The zero-order valence-corrected chi connectivity index (χ0v) is 11.3. The normalized spacial score (nSPS) is 34.0. The van der Waals surface area contributed by atoms with E-state index in [2.05, 4.69) is 6.92 Å². The van der Waals surface area contributed by atoms with E-state index in [-0.39, 0.29) is 5.54 Å². The summed E-state index contributed by atoms with van der Waals surface area (Å²) in [6.07, 6.45) is 6.12. The van der Waals surface area contributed by atoms with E-state index in [9.17, 15) is 0 Å². The highest BCUT2D eigenvalue weighted by molar-refractivity contribution is 8.00. The number of rotatable bonds is 1. The number of nitrogens with two attached hydrogens (primary N) is 1. The van der Waals surface area contributed by atoms with Crippen molar-refractivity contribution in [2.45, 2.75) is 49.8 Å². The van der Waals surface area contributed by atoms with Crippen molar-refractivity contribution in [3.63, 3.8) is 0 Å². The topological polar surface area (TPSA) is 38.9 Å². The molecule has 2 aliphatic rings. The third kappa shape index (κ3) is 1.81. The van der Waals surface area contributed by atoms with Gasteiger partial charge in [-0.15, -0.1) is 11.3 Å². The fourth-order valence-corrected chi connectivity index (χ4v) is 5.24. The molecule has 2 nitrogen and oxygen atoms in total. The molecule has 88 valence electrons. The van der Waals surface area contributed by atoms with Crippen molar-refractivity contribution in [3.8, 4) is 0 Å². The summed E-state index contributed by atoms with van der Waals surface area (Å²) in [6.45, 7) is 2.27. The highest BCUT2D eigenvalue weighted by Gasteiger charge is 2.39. The van der Waals surface area contributed by atoms with Crippen molar-refractivity contribution in [1.82, 2.24) is 4.98 Å². The highest BCUT2D eigenvalue weighted by atomic mass is 32.2. The molecular weight excluding hydrogens is 236 g/mol. The molecule has 1 fully saturated rings. The van der Waals surface area contributed by atoms with Crippen molar-refractivity contribution >= 4 is 23.1 Å². The largest absolute Gasteiger partial charge is 0.319 e. The van der Waals surface area contributed by atoms with Crippen LogP contribution in [0.1, 0.15) is 41.8 Å². The van der Waals surface area contributed by atoms with Crippen LogP contribution in [0.5, 0.6) is 0 Å². The van der Waals surface area contributed by atoms with Crippen molar-refractivity contribution in [1.29, 1.82) is 0 Å². The second kappa shape index (κ2) is 4.00. The SMILES string of the molecule is CC1CC(N)(c2nc3c(s2)CCCC3)CS1. The van der Waals surface area contributed by atoms with Crippen LogP contribution in [0.25, 0.3) is 0 Å². The maximum atomic E-state index is 6.51. The molecule has 0 saturated carbocycles. The quantitative estimate of drug-likeness (QED) is 0.837. The molecule has 4 heteroatoms. The fraction of sp³-hybridized carbons (Fsp3) is 0.750. The van der Waals surface area contributed by atoms with Crippen molar-refractivity contribution < 1.29 is 0 Å². The Morgan fingerprint density at radius 1 is 1.38 bits per heavy atom. The molecule has 1 aromatic rings. The minimum absolute atomic E-state index is 0.133. The molecule has 0 spiro atoms. The first kappa shape index (κ1) is 11.1. The van der Waals surface area contributed by atoms with Crippen LogP contribution in [-0.2, 0) is 18.4 Å². The molecule has 1 aliphatic carbocycles. The number of thioether (sulfide) groups is 1. The molecule has 0 aromatic carbocycles. The van der Waals surface area contributed by atoms with Crippen LogP contribution in [0.4, 0.5) is 0 Å². The van der Waals surface area contributed by atoms with Crippen molar-refractivity contribution in [2.75, 3.05) is 5.75 Å². The number of fused-ring (bicyclic) bond motifs is 1. The minimum atomic E-state index is -0.133. The molecule has 2 unspecified atom stereocenters. The van der Waals surface area contributed by atoms with Gasteiger partial charge in [0.05, 0.1) is 11.2 Å². The summed E-state index contributed by atoms with van der Waals surface area (Å²) >= 11 is 3.87. The molecule has 2 N–H and O–H groups in total. The van der Waals surface area contributed by atoms with Gasteiger partial charge in [0.25, 0.3) is 0 Å². The molecular formula is C12H18N2S2. The smallest absolute Gasteiger partial charge is 0.114 e. The summed E-state index contributed by atoms with van der Waals surface area (Å²) in [7, 11) is 0. The number of hydrogen-bond acceptors (Lipinski definition) is 4. The van der Waals surface area contributed by atoms with Crippen LogP contribution in [-0.4, -0.2) is 16.0 Å². The lowest BCUT2D eigenvalue weighted by Gasteiger charge is -2.19. The number of nitrogens with zero attached hydrogens (tertiary/aromatic N) is 1. The van der Waals surface area contributed by atoms with E-state index in [1.165, 1.54) is 41.3 Å². The summed E-state index contributed by atoms with van der Waals surface area (Å²) in [5.41, 5.74) is 7.72. The summed E-state index contributed by atoms with van der Waals surface area (Å²) in [5.74, 6) is 1.04. The van der Waals surface area contributed by atoms with Gasteiger partial charge in [0, 0.05) is 15.9 Å². The molecule has 1 saturated heterocycles. The lowest BCUT2D eigenvalue weighted by Crippen LogP contribution is -2.36. The number of aryl methyl sites for hydroxylation is 2. The van der Waals surface area contributed by atoms with Gasteiger partial charge in [0.2, 0.25) is 0 Å². The second-order valence-corrected chi connectivity index (χ2v) is 7.59. The zero-order chi connectivity index (χ0) is 11.2. The van der Waals surface area contributed by atoms with Crippen LogP contribution in [0, 0.1) is 0 Å². The summed E-state index contributed by atoms with van der Waals surface area (Å²) in [5, 5.41) is 1.89. The monoisotopic (exact) mass is 254 g/mol. The molecule has 2 atom stereocenters. The highest BCUT2D eigenvalue weighted by Crippen LogP contribution is 2.42. The van der Waals surface area contributed by atoms with E-state index in [0.717, 1.165) is 12.2 Å². The van der Waals surface area contributed by atoms with Gasteiger partial charge in [0.15, 0.2) is 0 Å². The van der Waals surface area contributed by atoms with Crippen LogP contribution in [0.2, 0.25) is 0 Å². The Balaban J connectivity index is 1.92. The molecule has 3 rings (SSSR count). The van der Waals surface area contributed by atoms with E-state index in [1.807, 2.05) is 23.1 Å². The standard InChI is InChI=1S/C12H18N2S2/c1-8-6-12(13,7-15-8)11-14-9-4-2-3-5-10(9)16-11/h8H,2-7,13H2,1H3. The van der Waals surface area contributed by atoms with Crippen LogP contribution in [0.3, 0.4) is 0 Å². The van der Waals surface area contributed by atoms with Crippen molar-refractivity contribution in [2.24, 2.45) is 5.73 Å². The average Bonchev–Trinajstić information content (AvgIpc) is 2.83. The predicted molar refractivity (Wildman–Crippen MR) is 71.2 cm³/mol. The predicted octanol–water partition coefficient (Wildman–Crippen LogP) is 2.70. The van der Waals surface area contributed by atoms with E-state index in [4.69, 9.17) is 10.7 Å². The lowest BCUT2D eigenvalue weighted by atomic mass is 9.98. The minimum Gasteiger partial charge on any atom is -0.319 e.